The largest absolute Gasteiger partial charge is 0.387 e. The lowest BCUT2D eigenvalue weighted by Crippen LogP contribution is -2.47. The summed E-state index contributed by atoms with van der Waals surface area (Å²) in [7, 11) is 0. The molecule has 0 bridgehead atoms. The highest BCUT2D eigenvalue weighted by molar-refractivity contribution is 7.17. The Morgan fingerprint density at radius 3 is 2.62 bits per heavy atom. The van der Waals surface area contributed by atoms with Crippen LogP contribution in [0.2, 0.25) is 0 Å². The zero-order valence-electron chi connectivity index (χ0n) is 13.4. The number of hydrogen-bond acceptors (Lipinski definition) is 6. The predicted octanol–water partition coefficient (Wildman–Crippen LogP) is 2.55. The molecule has 1 saturated heterocycles. The van der Waals surface area contributed by atoms with Gasteiger partial charge in [-0.15, -0.1) is 11.3 Å². The van der Waals surface area contributed by atoms with Gasteiger partial charge in [0, 0.05) is 32.7 Å². The van der Waals surface area contributed by atoms with Crippen LogP contribution in [-0.4, -0.2) is 52.7 Å². The van der Waals surface area contributed by atoms with Crippen molar-refractivity contribution < 1.29 is 5.11 Å². The Kier molecular flexibility index (Phi) is 4.42. The number of aliphatic hydroxyl groups is 1. The average Bonchev–Trinajstić information content (AvgIpc) is 3.12. The maximum absolute atomic E-state index is 10.4. The van der Waals surface area contributed by atoms with Gasteiger partial charge in [0.2, 0.25) is 0 Å². The molecule has 1 atom stereocenters. The third kappa shape index (κ3) is 3.13. The highest BCUT2D eigenvalue weighted by atomic mass is 32.1. The van der Waals surface area contributed by atoms with Gasteiger partial charge in [-0.25, -0.2) is 9.97 Å². The SMILES string of the molecule is O[C@@H](CN1CCN(c2ncnc3ccsc23)CC1)c1ccccc1. The van der Waals surface area contributed by atoms with Gasteiger partial charge in [0.15, 0.2) is 0 Å². The van der Waals surface area contributed by atoms with Gasteiger partial charge >= 0.3 is 0 Å². The van der Waals surface area contributed by atoms with Crippen molar-refractivity contribution in [3.8, 4) is 0 Å². The molecule has 124 valence electrons. The molecule has 1 aromatic carbocycles. The molecule has 0 aliphatic carbocycles. The van der Waals surface area contributed by atoms with Crippen LogP contribution in [0.5, 0.6) is 0 Å². The Bertz CT molecular complexity index is 799. The summed E-state index contributed by atoms with van der Waals surface area (Å²) in [5.74, 6) is 1.04. The summed E-state index contributed by atoms with van der Waals surface area (Å²) in [5.41, 5.74) is 2.00. The first-order valence-electron chi connectivity index (χ1n) is 8.20. The molecule has 0 spiro atoms. The van der Waals surface area contributed by atoms with Crippen molar-refractivity contribution in [2.24, 2.45) is 0 Å². The minimum absolute atomic E-state index is 0.430. The first kappa shape index (κ1) is 15.5. The fourth-order valence-corrected chi connectivity index (χ4v) is 4.03. The van der Waals surface area contributed by atoms with Gasteiger partial charge < -0.3 is 10.0 Å². The Labute approximate surface area is 145 Å². The molecule has 3 aromatic rings. The number of aliphatic hydroxyl groups excluding tert-OH is 1. The standard InChI is InChI=1S/C18H20N4OS/c23-16(14-4-2-1-3-5-14)12-21-7-9-22(10-8-21)18-17-15(6-11-24-17)19-13-20-18/h1-6,11,13,16,23H,7-10,12H2/t16-/m0/s1. The molecule has 3 heterocycles. The average molecular weight is 340 g/mol. The fraction of sp³-hybridized carbons (Fsp3) is 0.333. The summed E-state index contributed by atoms with van der Waals surface area (Å²) in [6, 6.07) is 11.9. The molecule has 0 radical (unpaired) electrons. The van der Waals surface area contributed by atoms with Gasteiger partial charge in [-0.2, -0.15) is 0 Å². The number of thiophene rings is 1. The molecule has 1 fully saturated rings. The molecule has 0 saturated carbocycles. The summed E-state index contributed by atoms with van der Waals surface area (Å²) in [4.78, 5) is 13.5. The summed E-state index contributed by atoms with van der Waals surface area (Å²) in [6.07, 6.45) is 1.22. The second-order valence-electron chi connectivity index (χ2n) is 6.05. The Hall–Kier alpha value is -2.02. The molecule has 1 aliphatic heterocycles. The molecule has 6 heteroatoms. The second kappa shape index (κ2) is 6.84. The minimum Gasteiger partial charge on any atom is -0.387 e. The van der Waals surface area contributed by atoms with Crippen LogP contribution in [0, 0.1) is 0 Å². The van der Waals surface area contributed by atoms with E-state index in [1.165, 1.54) is 0 Å². The zero-order valence-corrected chi connectivity index (χ0v) is 14.2. The van der Waals surface area contributed by atoms with Gasteiger partial charge in [0.1, 0.15) is 12.1 Å². The normalized spacial score (nSPS) is 17.3. The van der Waals surface area contributed by atoms with Crippen molar-refractivity contribution in [2.45, 2.75) is 6.10 Å². The predicted molar refractivity (Wildman–Crippen MR) is 97.5 cm³/mol. The van der Waals surface area contributed by atoms with Crippen molar-refractivity contribution in [3.05, 3.63) is 53.7 Å². The van der Waals surface area contributed by atoms with Crippen LogP contribution >= 0.6 is 11.3 Å². The van der Waals surface area contributed by atoms with E-state index in [4.69, 9.17) is 0 Å². The molecular weight excluding hydrogens is 320 g/mol. The topological polar surface area (TPSA) is 52.5 Å². The Morgan fingerprint density at radius 1 is 1.04 bits per heavy atom. The molecule has 1 aliphatic rings. The number of anilines is 1. The smallest absolute Gasteiger partial charge is 0.150 e. The van der Waals surface area contributed by atoms with Crippen LogP contribution in [0.4, 0.5) is 5.82 Å². The molecule has 1 N–H and O–H groups in total. The first-order valence-corrected chi connectivity index (χ1v) is 9.08. The van der Waals surface area contributed by atoms with Crippen LogP contribution in [0.3, 0.4) is 0 Å². The number of fused-ring (bicyclic) bond motifs is 1. The summed E-state index contributed by atoms with van der Waals surface area (Å²) in [5, 5.41) is 12.5. The van der Waals surface area contributed by atoms with Gasteiger partial charge in [-0.3, -0.25) is 4.90 Å². The van der Waals surface area contributed by atoms with E-state index in [0.29, 0.717) is 6.54 Å². The van der Waals surface area contributed by atoms with E-state index >= 15 is 0 Å². The first-order chi connectivity index (χ1) is 11.8. The van der Waals surface area contributed by atoms with E-state index in [1.807, 2.05) is 36.4 Å². The van der Waals surface area contributed by atoms with E-state index in [-0.39, 0.29) is 0 Å². The second-order valence-corrected chi connectivity index (χ2v) is 6.96. The van der Waals surface area contributed by atoms with Crippen LogP contribution in [0.1, 0.15) is 11.7 Å². The Morgan fingerprint density at radius 2 is 1.83 bits per heavy atom. The number of hydrogen-bond donors (Lipinski definition) is 1. The molecule has 5 nitrogen and oxygen atoms in total. The van der Waals surface area contributed by atoms with Crippen LogP contribution < -0.4 is 4.90 Å². The maximum atomic E-state index is 10.4. The fourth-order valence-electron chi connectivity index (χ4n) is 3.17. The lowest BCUT2D eigenvalue weighted by atomic mass is 10.1. The minimum atomic E-state index is -0.430. The summed E-state index contributed by atoms with van der Waals surface area (Å²) < 4.78 is 1.16. The number of β-amino-alcohol motifs (C(OH)–C–C–N with tert-alkyl or cyclic N) is 1. The van der Waals surface area contributed by atoms with Crippen molar-refractivity contribution in [1.29, 1.82) is 0 Å². The molecule has 0 amide bonds. The summed E-state index contributed by atoms with van der Waals surface area (Å²) >= 11 is 1.70. The quantitative estimate of drug-likeness (QED) is 0.791. The lowest BCUT2D eigenvalue weighted by Gasteiger charge is -2.36. The highest BCUT2D eigenvalue weighted by Crippen LogP contribution is 2.28. The molecular formula is C18H20N4OS. The monoisotopic (exact) mass is 340 g/mol. The molecule has 24 heavy (non-hydrogen) atoms. The van der Waals surface area contributed by atoms with Gasteiger partial charge in [0.05, 0.1) is 16.3 Å². The summed E-state index contributed by atoms with van der Waals surface area (Å²) in [6.45, 7) is 4.38. The third-order valence-electron chi connectivity index (χ3n) is 4.51. The van der Waals surface area contributed by atoms with Crippen LogP contribution in [0.15, 0.2) is 48.1 Å². The van der Waals surface area contributed by atoms with Crippen molar-refractivity contribution in [3.63, 3.8) is 0 Å². The number of piperazine rings is 1. The third-order valence-corrected chi connectivity index (χ3v) is 5.41. The van der Waals surface area contributed by atoms with E-state index in [0.717, 1.165) is 47.8 Å². The van der Waals surface area contributed by atoms with Crippen LogP contribution in [-0.2, 0) is 0 Å². The number of aromatic nitrogens is 2. The highest BCUT2D eigenvalue weighted by Gasteiger charge is 2.22. The van der Waals surface area contributed by atoms with Gasteiger partial charge in [-0.05, 0) is 17.0 Å². The maximum Gasteiger partial charge on any atom is 0.150 e. The van der Waals surface area contributed by atoms with E-state index in [1.54, 1.807) is 17.7 Å². The number of rotatable bonds is 4. The number of benzene rings is 1. The van der Waals surface area contributed by atoms with Crippen molar-refractivity contribution >= 4 is 27.4 Å². The van der Waals surface area contributed by atoms with Crippen molar-refractivity contribution in [1.82, 2.24) is 14.9 Å². The lowest BCUT2D eigenvalue weighted by molar-refractivity contribution is 0.109. The van der Waals surface area contributed by atoms with E-state index < -0.39 is 6.10 Å². The molecule has 0 unspecified atom stereocenters. The van der Waals surface area contributed by atoms with Crippen LogP contribution in [0.25, 0.3) is 10.2 Å². The zero-order chi connectivity index (χ0) is 16.4. The molecule has 4 rings (SSSR count). The Balaban J connectivity index is 1.39. The molecule has 2 aromatic heterocycles. The van der Waals surface area contributed by atoms with Gasteiger partial charge in [0.25, 0.3) is 0 Å². The van der Waals surface area contributed by atoms with Crippen molar-refractivity contribution in [2.75, 3.05) is 37.6 Å². The van der Waals surface area contributed by atoms with E-state index in [2.05, 4.69) is 25.1 Å². The van der Waals surface area contributed by atoms with E-state index in [9.17, 15) is 5.11 Å². The van der Waals surface area contributed by atoms with Gasteiger partial charge in [-0.1, -0.05) is 30.3 Å². The number of nitrogens with zero attached hydrogens (tertiary/aromatic N) is 4.